The number of hydrogen-bond acceptors (Lipinski definition) is 8. The van der Waals surface area contributed by atoms with E-state index in [4.69, 9.17) is 14.2 Å². The number of carbonyl (C=O) groups is 3. The second-order valence-corrected chi connectivity index (χ2v) is 5.50. The minimum atomic E-state index is -0.740. The van der Waals surface area contributed by atoms with Crippen molar-refractivity contribution < 1.29 is 28.6 Å². The van der Waals surface area contributed by atoms with Crippen LogP contribution < -0.4 is 11.0 Å². The average molecular weight is 353 g/mol. The van der Waals surface area contributed by atoms with Crippen molar-refractivity contribution in [1.29, 1.82) is 0 Å². The molecule has 0 aliphatic carbocycles. The molecule has 25 heavy (non-hydrogen) atoms. The lowest BCUT2D eigenvalue weighted by atomic mass is 10.2. The molecule has 1 saturated heterocycles. The van der Waals surface area contributed by atoms with Gasteiger partial charge in [0.15, 0.2) is 0 Å². The van der Waals surface area contributed by atoms with Gasteiger partial charge >= 0.3 is 17.6 Å². The third-order valence-corrected chi connectivity index (χ3v) is 3.39. The summed E-state index contributed by atoms with van der Waals surface area (Å²) in [5.41, 5.74) is -0.633. The monoisotopic (exact) mass is 353 g/mol. The van der Waals surface area contributed by atoms with Gasteiger partial charge in [-0.2, -0.15) is 4.98 Å². The maximum atomic E-state index is 12.1. The van der Waals surface area contributed by atoms with E-state index in [1.807, 2.05) is 0 Å². The maximum Gasteiger partial charge on any atom is 0.351 e. The number of hydrogen-bond donors (Lipinski definition) is 1. The fourth-order valence-corrected chi connectivity index (χ4v) is 2.44. The quantitative estimate of drug-likeness (QED) is 0.732. The Labute approximate surface area is 143 Å². The highest BCUT2D eigenvalue weighted by Crippen LogP contribution is 2.30. The molecule has 1 aromatic rings. The molecule has 0 saturated carbocycles. The molecular formula is C15H19N3O7. The molecule has 0 spiro atoms. The van der Waals surface area contributed by atoms with Crippen molar-refractivity contribution in [1.82, 2.24) is 9.55 Å². The Bertz CT molecular complexity index is 730. The number of amides is 1. The SMILES string of the molecule is CC(=O)Nc1ccn(C2CC(OC(C)=O)C(COC(C)=O)O2)c(=O)n1. The highest BCUT2D eigenvalue weighted by atomic mass is 16.6. The zero-order valence-corrected chi connectivity index (χ0v) is 14.1. The first-order chi connectivity index (χ1) is 11.8. The van der Waals surface area contributed by atoms with Crippen LogP contribution in [0, 0.1) is 0 Å². The summed E-state index contributed by atoms with van der Waals surface area (Å²) in [7, 11) is 0. The Kier molecular flexibility index (Phi) is 5.86. The Morgan fingerprint density at radius 2 is 2.04 bits per heavy atom. The second kappa shape index (κ2) is 7.88. The third kappa shape index (κ3) is 5.11. The lowest BCUT2D eigenvalue weighted by Gasteiger charge is -2.17. The molecule has 1 N–H and O–H groups in total. The van der Waals surface area contributed by atoms with Crippen LogP contribution in [0.5, 0.6) is 0 Å². The van der Waals surface area contributed by atoms with E-state index in [0.717, 1.165) is 0 Å². The fraction of sp³-hybridized carbons (Fsp3) is 0.533. The fourth-order valence-electron chi connectivity index (χ4n) is 2.44. The summed E-state index contributed by atoms with van der Waals surface area (Å²) in [5, 5.41) is 2.41. The van der Waals surface area contributed by atoms with Crippen LogP contribution in [0.3, 0.4) is 0 Å². The van der Waals surface area contributed by atoms with Gasteiger partial charge in [-0.15, -0.1) is 0 Å². The van der Waals surface area contributed by atoms with E-state index in [0.29, 0.717) is 0 Å². The zero-order valence-electron chi connectivity index (χ0n) is 14.1. The van der Waals surface area contributed by atoms with E-state index in [2.05, 4.69) is 10.3 Å². The van der Waals surface area contributed by atoms with E-state index in [-0.39, 0.29) is 24.8 Å². The van der Waals surface area contributed by atoms with Gasteiger partial charge in [-0.25, -0.2) is 4.79 Å². The first-order valence-electron chi connectivity index (χ1n) is 7.59. The summed E-state index contributed by atoms with van der Waals surface area (Å²) in [6, 6.07) is 1.45. The minimum absolute atomic E-state index is 0.101. The molecule has 3 unspecified atom stereocenters. The summed E-state index contributed by atoms with van der Waals surface area (Å²) in [6.07, 6.45) is -0.476. The molecule has 2 heterocycles. The van der Waals surface area contributed by atoms with Crippen LogP contribution in [0.25, 0.3) is 0 Å². The molecular weight excluding hydrogens is 334 g/mol. The molecule has 0 radical (unpaired) electrons. The molecule has 136 valence electrons. The zero-order chi connectivity index (χ0) is 18.6. The molecule has 3 atom stereocenters. The van der Waals surface area contributed by atoms with Crippen LogP contribution in [-0.4, -0.2) is 46.2 Å². The molecule has 1 aliphatic rings. The minimum Gasteiger partial charge on any atom is -0.463 e. The van der Waals surface area contributed by atoms with Crippen LogP contribution in [0.2, 0.25) is 0 Å². The first-order valence-corrected chi connectivity index (χ1v) is 7.59. The van der Waals surface area contributed by atoms with E-state index in [9.17, 15) is 19.2 Å². The van der Waals surface area contributed by atoms with Crippen LogP contribution in [0.15, 0.2) is 17.1 Å². The number of nitrogens with zero attached hydrogens (tertiary/aromatic N) is 2. The summed E-state index contributed by atoms with van der Waals surface area (Å²) in [6.45, 7) is 3.71. The van der Waals surface area contributed by atoms with Gasteiger partial charge in [0, 0.05) is 33.4 Å². The molecule has 1 fully saturated rings. The summed E-state index contributed by atoms with van der Waals surface area (Å²) in [4.78, 5) is 49.1. The van der Waals surface area contributed by atoms with E-state index in [1.54, 1.807) is 0 Å². The van der Waals surface area contributed by atoms with Crippen molar-refractivity contribution in [2.75, 3.05) is 11.9 Å². The molecule has 0 bridgehead atoms. The van der Waals surface area contributed by atoms with Crippen LogP contribution >= 0.6 is 0 Å². The van der Waals surface area contributed by atoms with Crippen LogP contribution in [-0.2, 0) is 28.6 Å². The van der Waals surface area contributed by atoms with Gasteiger partial charge in [0.1, 0.15) is 30.9 Å². The summed E-state index contributed by atoms with van der Waals surface area (Å²) < 4.78 is 17.0. The van der Waals surface area contributed by atoms with E-state index < -0.39 is 36.1 Å². The van der Waals surface area contributed by atoms with Crippen LogP contribution in [0.4, 0.5) is 5.82 Å². The molecule has 1 amide bonds. The predicted molar refractivity (Wildman–Crippen MR) is 83.5 cm³/mol. The van der Waals surface area contributed by atoms with Gasteiger partial charge in [-0.05, 0) is 6.07 Å². The average Bonchev–Trinajstić information content (AvgIpc) is 2.86. The summed E-state index contributed by atoms with van der Waals surface area (Å²) >= 11 is 0. The van der Waals surface area contributed by atoms with Crippen molar-refractivity contribution in [3.63, 3.8) is 0 Å². The number of esters is 2. The van der Waals surface area contributed by atoms with Gasteiger partial charge in [0.05, 0.1) is 0 Å². The number of rotatable bonds is 5. The van der Waals surface area contributed by atoms with Crippen molar-refractivity contribution >= 4 is 23.7 Å². The number of ether oxygens (including phenoxy) is 3. The topological polar surface area (TPSA) is 126 Å². The van der Waals surface area contributed by atoms with Crippen molar-refractivity contribution in [2.45, 2.75) is 45.6 Å². The van der Waals surface area contributed by atoms with Gasteiger partial charge in [0.2, 0.25) is 5.91 Å². The molecule has 2 rings (SSSR count). The molecule has 0 aromatic carbocycles. The normalized spacial score (nSPS) is 22.3. The Morgan fingerprint density at radius 3 is 2.60 bits per heavy atom. The van der Waals surface area contributed by atoms with Gasteiger partial charge in [0.25, 0.3) is 0 Å². The summed E-state index contributed by atoms with van der Waals surface area (Å²) in [5.74, 6) is -1.22. The molecule has 10 nitrogen and oxygen atoms in total. The van der Waals surface area contributed by atoms with Gasteiger partial charge in [-0.3, -0.25) is 19.0 Å². The van der Waals surface area contributed by atoms with Gasteiger partial charge in [-0.1, -0.05) is 0 Å². The number of carbonyl (C=O) groups excluding carboxylic acids is 3. The molecule has 1 aromatic heterocycles. The lowest BCUT2D eigenvalue weighted by molar-refractivity contribution is -0.155. The second-order valence-electron chi connectivity index (χ2n) is 5.50. The van der Waals surface area contributed by atoms with Crippen LogP contribution in [0.1, 0.15) is 33.4 Å². The smallest absolute Gasteiger partial charge is 0.351 e. The van der Waals surface area contributed by atoms with Gasteiger partial charge < -0.3 is 19.5 Å². The highest BCUT2D eigenvalue weighted by Gasteiger charge is 2.39. The molecule has 10 heteroatoms. The third-order valence-electron chi connectivity index (χ3n) is 3.39. The van der Waals surface area contributed by atoms with Crippen molar-refractivity contribution in [3.05, 3.63) is 22.7 Å². The number of nitrogens with one attached hydrogen (secondary N) is 1. The largest absolute Gasteiger partial charge is 0.463 e. The number of aromatic nitrogens is 2. The maximum absolute atomic E-state index is 12.1. The number of anilines is 1. The Hall–Kier alpha value is -2.75. The van der Waals surface area contributed by atoms with E-state index >= 15 is 0 Å². The Morgan fingerprint density at radius 1 is 1.32 bits per heavy atom. The standard InChI is InChI=1S/C15H19N3O7/c1-8(19)16-13-4-5-18(15(22)17-13)14-6-11(24-10(3)21)12(25-14)7-23-9(2)20/h4-5,11-12,14H,6-7H2,1-3H3,(H,16,17,19,22). The Balaban J connectivity index is 2.16. The molecule has 1 aliphatic heterocycles. The van der Waals surface area contributed by atoms with E-state index in [1.165, 1.54) is 37.6 Å². The van der Waals surface area contributed by atoms with Crippen molar-refractivity contribution in [3.8, 4) is 0 Å². The lowest BCUT2D eigenvalue weighted by Crippen LogP contribution is -2.31. The predicted octanol–water partition coefficient (Wildman–Crippen LogP) is -0.0160. The van der Waals surface area contributed by atoms with Crippen molar-refractivity contribution in [2.24, 2.45) is 0 Å². The highest BCUT2D eigenvalue weighted by molar-refractivity contribution is 5.87. The first kappa shape index (κ1) is 18.6.